The normalized spacial score (nSPS) is 20.9. The molecule has 1 saturated heterocycles. The number of rotatable bonds is 6. The van der Waals surface area contributed by atoms with Crippen LogP contribution in [0.1, 0.15) is 31.7 Å². The lowest BCUT2D eigenvalue weighted by Gasteiger charge is -2.21. The molecule has 23 heavy (non-hydrogen) atoms. The molecule has 0 aromatic heterocycles. The molecule has 1 aromatic rings. The summed E-state index contributed by atoms with van der Waals surface area (Å²) in [7, 11) is 0. The van der Waals surface area contributed by atoms with E-state index < -0.39 is 23.2 Å². The molecule has 1 unspecified atom stereocenters. The molecular formula is C16H20ClFN2O3. The van der Waals surface area contributed by atoms with Crippen LogP contribution in [0.2, 0.25) is 5.02 Å². The Kier molecular flexibility index (Phi) is 5.59. The van der Waals surface area contributed by atoms with Gasteiger partial charge in [0.2, 0.25) is 5.60 Å². The molecule has 0 saturated carbocycles. The van der Waals surface area contributed by atoms with Gasteiger partial charge in [0.25, 0.3) is 11.8 Å². The highest BCUT2D eigenvalue weighted by atomic mass is 35.5. The fourth-order valence-electron chi connectivity index (χ4n) is 2.58. The van der Waals surface area contributed by atoms with Crippen LogP contribution in [0.15, 0.2) is 18.2 Å². The molecule has 5 nitrogen and oxygen atoms in total. The number of carbonyl (C=O) groups is 2. The topological polar surface area (TPSA) is 69.6 Å². The zero-order chi connectivity index (χ0) is 17.0. The molecule has 0 spiro atoms. The van der Waals surface area contributed by atoms with Crippen LogP contribution < -0.4 is 5.32 Å². The molecule has 126 valence electrons. The van der Waals surface area contributed by atoms with Crippen molar-refractivity contribution < 1.29 is 19.1 Å². The fraction of sp³-hybridized carbons (Fsp3) is 0.500. The maximum absolute atomic E-state index is 13.3. The standard InChI is InChI=1S/C16H20ClFN2O3/c1-2-3-5-20-6-4-16(23,15(20)22)14(21)19-10-11-7-12(17)9-13(18)8-11/h7-9,23H,2-6,10H2,1H3,(H,19,21). The maximum Gasteiger partial charge on any atom is 0.264 e. The van der Waals surface area contributed by atoms with E-state index in [9.17, 15) is 19.1 Å². The molecule has 1 heterocycles. The van der Waals surface area contributed by atoms with Crippen molar-refractivity contribution in [2.45, 2.75) is 38.3 Å². The molecule has 7 heteroatoms. The lowest BCUT2D eigenvalue weighted by Crippen LogP contribution is -2.52. The van der Waals surface area contributed by atoms with Crippen LogP contribution in [-0.2, 0) is 16.1 Å². The van der Waals surface area contributed by atoms with E-state index in [-0.39, 0.29) is 18.0 Å². The molecular weight excluding hydrogens is 323 g/mol. The molecule has 1 atom stereocenters. The molecule has 1 aliphatic rings. The summed E-state index contributed by atoms with van der Waals surface area (Å²) in [4.78, 5) is 25.9. The van der Waals surface area contributed by atoms with Crippen LogP contribution >= 0.6 is 11.6 Å². The monoisotopic (exact) mass is 342 g/mol. The van der Waals surface area contributed by atoms with E-state index in [1.807, 2.05) is 6.92 Å². The van der Waals surface area contributed by atoms with Crippen LogP contribution in [0.5, 0.6) is 0 Å². The van der Waals surface area contributed by atoms with Gasteiger partial charge in [-0.2, -0.15) is 0 Å². The van der Waals surface area contributed by atoms with Crippen molar-refractivity contribution in [2.75, 3.05) is 13.1 Å². The number of halogens is 2. The van der Waals surface area contributed by atoms with E-state index >= 15 is 0 Å². The predicted octanol–water partition coefficient (Wildman–Crippen LogP) is 1.86. The van der Waals surface area contributed by atoms with Gasteiger partial charge in [-0.15, -0.1) is 0 Å². The zero-order valence-electron chi connectivity index (χ0n) is 12.9. The Hall–Kier alpha value is -1.66. The van der Waals surface area contributed by atoms with E-state index in [2.05, 4.69) is 5.32 Å². The number of unbranched alkanes of at least 4 members (excludes halogenated alkanes) is 1. The number of hydrogen-bond donors (Lipinski definition) is 2. The van der Waals surface area contributed by atoms with Crippen molar-refractivity contribution in [1.82, 2.24) is 10.2 Å². The SMILES string of the molecule is CCCCN1CCC(O)(C(=O)NCc2cc(F)cc(Cl)c2)C1=O. The minimum Gasteiger partial charge on any atom is -0.372 e. The summed E-state index contributed by atoms with van der Waals surface area (Å²) in [6.07, 6.45) is 1.81. The van der Waals surface area contributed by atoms with E-state index in [4.69, 9.17) is 11.6 Å². The lowest BCUT2D eigenvalue weighted by molar-refractivity contribution is -0.154. The molecule has 1 aliphatic heterocycles. The first-order chi connectivity index (χ1) is 10.9. The molecule has 2 rings (SSSR count). The highest BCUT2D eigenvalue weighted by Crippen LogP contribution is 2.24. The van der Waals surface area contributed by atoms with Crippen molar-refractivity contribution in [3.8, 4) is 0 Å². The van der Waals surface area contributed by atoms with Crippen LogP contribution in [0.4, 0.5) is 4.39 Å². The summed E-state index contributed by atoms with van der Waals surface area (Å²) in [5.74, 6) is -1.84. The molecule has 1 aromatic carbocycles. The third kappa shape index (κ3) is 4.00. The Morgan fingerprint density at radius 1 is 1.48 bits per heavy atom. The Bertz CT molecular complexity index is 591. The number of amides is 2. The molecule has 0 bridgehead atoms. The van der Waals surface area contributed by atoms with E-state index in [1.165, 1.54) is 17.0 Å². The predicted molar refractivity (Wildman–Crippen MR) is 84.3 cm³/mol. The quantitative estimate of drug-likeness (QED) is 0.775. The van der Waals surface area contributed by atoms with Gasteiger partial charge in [-0.3, -0.25) is 9.59 Å². The molecule has 0 radical (unpaired) electrons. The molecule has 1 fully saturated rings. The van der Waals surface area contributed by atoms with Gasteiger partial charge in [-0.1, -0.05) is 24.9 Å². The first-order valence-electron chi connectivity index (χ1n) is 7.62. The second-order valence-corrected chi connectivity index (χ2v) is 6.15. The highest BCUT2D eigenvalue weighted by Gasteiger charge is 2.50. The van der Waals surface area contributed by atoms with Crippen LogP contribution in [0.25, 0.3) is 0 Å². The Balaban J connectivity index is 1.98. The minimum atomic E-state index is -2.04. The number of likely N-dealkylation sites (tertiary alicyclic amines) is 1. The van der Waals surface area contributed by atoms with Gasteiger partial charge in [0, 0.05) is 31.1 Å². The van der Waals surface area contributed by atoms with Gasteiger partial charge in [-0.25, -0.2) is 4.39 Å². The minimum absolute atomic E-state index is 0.0130. The van der Waals surface area contributed by atoms with Crippen molar-refractivity contribution in [1.29, 1.82) is 0 Å². The Morgan fingerprint density at radius 2 is 2.22 bits per heavy atom. The summed E-state index contributed by atoms with van der Waals surface area (Å²) in [6.45, 7) is 2.88. The summed E-state index contributed by atoms with van der Waals surface area (Å²) in [6, 6.07) is 3.91. The summed E-state index contributed by atoms with van der Waals surface area (Å²) in [5.41, 5.74) is -1.58. The second kappa shape index (κ2) is 7.27. The molecule has 0 aliphatic carbocycles. The third-order valence-corrected chi connectivity index (χ3v) is 4.14. The first-order valence-corrected chi connectivity index (χ1v) is 7.99. The summed E-state index contributed by atoms with van der Waals surface area (Å²) in [5, 5.41) is 13.1. The average Bonchev–Trinajstić information content (AvgIpc) is 2.79. The molecule has 2 amide bonds. The Labute approximate surface area is 139 Å². The first kappa shape index (κ1) is 17.7. The van der Waals surface area contributed by atoms with Crippen LogP contribution in [0, 0.1) is 5.82 Å². The van der Waals surface area contributed by atoms with Crippen molar-refractivity contribution >= 4 is 23.4 Å². The van der Waals surface area contributed by atoms with Gasteiger partial charge < -0.3 is 15.3 Å². The van der Waals surface area contributed by atoms with Crippen molar-refractivity contribution in [3.05, 3.63) is 34.6 Å². The third-order valence-electron chi connectivity index (χ3n) is 3.92. The van der Waals surface area contributed by atoms with E-state index in [0.717, 1.165) is 18.9 Å². The van der Waals surface area contributed by atoms with Crippen molar-refractivity contribution in [2.24, 2.45) is 0 Å². The van der Waals surface area contributed by atoms with E-state index in [1.54, 1.807) is 0 Å². The van der Waals surface area contributed by atoms with Gasteiger partial charge in [0.05, 0.1) is 0 Å². The van der Waals surface area contributed by atoms with Crippen molar-refractivity contribution in [3.63, 3.8) is 0 Å². The second-order valence-electron chi connectivity index (χ2n) is 5.72. The smallest absolute Gasteiger partial charge is 0.264 e. The fourth-order valence-corrected chi connectivity index (χ4v) is 2.83. The number of nitrogens with zero attached hydrogens (tertiary/aromatic N) is 1. The van der Waals surface area contributed by atoms with Gasteiger partial charge >= 0.3 is 0 Å². The summed E-state index contributed by atoms with van der Waals surface area (Å²) < 4.78 is 13.3. The number of nitrogens with one attached hydrogen (secondary N) is 1. The Morgan fingerprint density at radius 3 is 2.87 bits per heavy atom. The highest BCUT2D eigenvalue weighted by molar-refractivity contribution is 6.30. The number of benzene rings is 1. The largest absolute Gasteiger partial charge is 0.372 e. The van der Waals surface area contributed by atoms with Crippen LogP contribution in [0.3, 0.4) is 0 Å². The maximum atomic E-state index is 13.3. The van der Waals surface area contributed by atoms with Gasteiger partial charge in [-0.05, 0) is 30.2 Å². The zero-order valence-corrected chi connectivity index (χ0v) is 13.7. The lowest BCUT2D eigenvalue weighted by atomic mass is 10.0. The number of carbonyl (C=O) groups excluding carboxylic acids is 2. The number of aliphatic hydroxyl groups is 1. The average molecular weight is 343 g/mol. The van der Waals surface area contributed by atoms with Crippen LogP contribution in [-0.4, -0.2) is 40.5 Å². The molecule has 2 N–H and O–H groups in total. The van der Waals surface area contributed by atoms with E-state index in [0.29, 0.717) is 18.7 Å². The van der Waals surface area contributed by atoms with Gasteiger partial charge in [0.1, 0.15) is 5.82 Å². The summed E-state index contributed by atoms with van der Waals surface area (Å²) >= 11 is 5.75. The van der Waals surface area contributed by atoms with Gasteiger partial charge in [0.15, 0.2) is 0 Å². The number of hydrogen-bond acceptors (Lipinski definition) is 3.